The predicted octanol–water partition coefficient (Wildman–Crippen LogP) is 2.63. The molecule has 1 saturated heterocycles. The van der Waals surface area contributed by atoms with Crippen LogP contribution in [0.3, 0.4) is 0 Å². The molecule has 0 spiro atoms. The number of furan rings is 1. The first-order valence-corrected chi connectivity index (χ1v) is 7.43. The molecular formula is C15H19N3O3. The minimum atomic E-state index is -0.0457. The highest BCUT2D eigenvalue weighted by Gasteiger charge is 2.28. The van der Waals surface area contributed by atoms with E-state index in [1.165, 1.54) is 6.26 Å². The molecular weight excluding hydrogens is 270 g/mol. The first-order valence-electron chi connectivity index (χ1n) is 7.43. The van der Waals surface area contributed by atoms with Crippen molar-refractivity contribution in [3.05, 3.63) is 35.9 Å². The molecule has 21 heavy (non-hydrogen) atoms. The zero-order valence-corrected chi connectivity index (χ0v) is 12.1. The molecule has 6 nitrogen and oxygen atoms in total. The molecule has 3 rings (SSSR count). The van der Waals surface area contributed by atoms with Crippen molar-refractivity contribution in [3.8, 4) is 0 Å². The summed E-state index contributed by atoms with van der Waals surface area (Å²) in [6, 6.07) is 3.43. The lowest BCUT2D eigenvalue weighted by Crippen LogP contribution is -2.37. The van der Waals surface area contributed by atoms with Crippen molar-refractivity contribution < 1.29 is 13.7 Å². The summed E-state index contributed by atoms with van der Waals surface area (Å²) in [4.78, 5) is 18.4. The van der Waals surface area contributed by atoms with Gasteiger partial charge >= 0.3 is 0 Å². The number of likely N-dealkylation sites (tertiary alicyclic amines) is 1. The number of piperidine rings is 1. The molecule has 0 N–H and O–H groups in total. The fourth-order valence-electron chi connectivity index (χ4n) is 2.64. The average Bonchev–Trinajstić information content (AvgIpc) is 3.19. The molecule has 0 radical (unpaired) electrons. The minimum absolute atomic E-state index is 0.0457. The van der Waals surface area contributed by atoms with Crippen LogP contribution in [0.25, 0.3) is 0 Å². The van der Waals surface area contributed by atoms with Gasteiger partial charge in [0.1, 0.15) is 0 Å². The van der Waals surface area contributed by atoms with Gasteiger partial charge in [-0.1, -0.05) is 12.1 Å². The van der Waals surface area contributed by atoms with Gasteiger partial charge in [-0.3, -0.25) is 4.79 Å². The van der Waals surface area contributed by atoms with E-state index in [1.807, 2.05) is 4.90 Å². The van der Waals surface area contributed by atoms with Crippen LogP contribution in [-0.2, 0) is 6.42 Å². The van der Waals surface area contributed by atoms with E-state index < -0.39 is 0 Å². The van der Waals surface area contributed by atoms with Gasteiger partial charge in [0.2, 0.25) is 5.89 Å². The molecule has 0 saturated carbocycles. The van der Waals surface area contributed by atoms with Gasteiger partial charge in [0, 0.05) is 25.4 Å². The number of hydrogen-bond acceptors (Lipinski definition) is 5. The van der Waals surface area contributed by atoms with Crippen molar-refractivity contribution in [1.29, 1.82) is 0 Å². The average molecular weight is 289 g/mol. The monoisotopic (exact) mass is 289 g/mol. The predicted molar refractivity (Wildman–Crippen MR) is 74.9 cm³/mol. The second kappa shape index (κ2) is 6.11. The Labute approximate surface area is 123 Å². The zero-order chi connectivity index (χ0) is 14.7. The summed E-state index contributed by atoms with van der Waals surface area (Å²) < 4.78 is 10.5. The van der Waals surface area contributed by atoms with E-state index in [2.05, 4.69) is 17.1 Å². The summed E-state index contributed by atoms with van der Waals surface area (Å²) in [6.45, 7) is 3.47. The van der Waals surface area contributed by atoms with Gasteiger partial charge < -0.3 is 13.8 Å². The molecule has 3 heterocycles. The Morgan fingerprint density at radius 2 is 2.24 bits per heavy atom. The van der Waals surface area contributed by atoms with Crippen molar-refractivity contribution in [2.24, 2.45) is 0 Å². The van der Waals surface area contributed by atoms with Crippen molar-refractivity contribution in [2.75, 3.05) is 13.1 Å². The highest BCUT2D eigenvalue weighted by Crippen LogP contribution is 2.27. The third kappa shape index (κ3) is 2.99. The topological polar surface area (TPSA) is 72.4 Å². The number of nitrogens with zero attached hydrogens (tertiary/aromatic N) is 3. The van der Waals surface area contributed by atoms with Crippen LogP contribution in [0.5, 0.6) is 0 Å². The number of rotatable bonds is 4. The maximum absolute atomic E-state index is 12.2. The standard InChI is InChI=1S/C15H19N3O3/c1-2-4-13-16-14(21-17-13)11-6-8-18(9-7-11)15(19)12-5-3-10-20-12/h3,5,10-11H,2,4,6-9H2,1H3. The highest BCUT2D eigenvalue weighted by atomic mass is 16.5. The summed E-state index contributed by atoms with van der Waals surface area (Å²) in [5.74, 6) is 2.10. The molecule has 0 atom stereocenters. The summed E-state index contributed by atoms with van der Waals surface area (Å²) in [6.07, 6.45) is 5.07. The van der Waals surface area contributed by atoms with Crippen LogP contribution in [0, 0.1) is 0 Å². The fraction of sp³-hybridized carbons (Fsp3) is 0.533. The number of hydrogen-bond donors (Lipinski definition) is 0. The molecule has 1 fully saturated rings. The van der Waals surface area contributed by atoms with Crippen LogP contribution in [0.15, 0.2) is 27.3 Å². The highest BCUT2D eigenvalue weighted by molar-refractivity contribution is 5.91. The van der Waals surface area contributed by atoms with E-state index in [1.54, 1.807) is 12.1 Å². The van der Waals surface area contributed by atoms with Crippen LogP contribution in [0.2, 0.25) is 0 Å². The Morgan fingerprint density at radius 3 is 2.90 bits per heavy atom. The van der Waals surface area contributed by atoms with E-state index in [9.17, 15) is 4.79 Å². The molecule has 0 aliphatic carbocycles. The summed E-state index contributed by atoms with van der Waals surface area (Å²) >= 11 is 0. The fourth-order valence-corrected chi connectivity index (χ4v) is 2.64. The SMILES string of the molecule is CCCc1noc(C2CCN(C(=O)c3ccco3)CC2)n1. The summed E-state index contributed by atoms with van der Waals surface area (Å²) in [5.41, 5.74) is 0. The van der Waals surface area contributed by atoms with Crippen LogP contribution in [0.1, 0.15) is 54.4 Å². The van der Waals surface area contributed by atoms with E-state index in [-0.39, 0.29) is 11.8 Å². The minimum Gasteiger partial charge on any atom is -0.459 e. The van der Waals surface area contributed by atoms with Gasteiger partial charge in [-0.05, 0) is 31.4 Å². The lowest BCUT2D eigenvalue weighted by atomic mass is 9.96. The van der Waals surface area contributed by atoms with Gasteiger partial charge in [-0.25, -0.2) is 0 Å². The summed E-state index contributed by atoms with van der Waals surface area (Å²) in [7, 11) is 0. The normalized spacial score (nSPS) is 16.3. The number of amides is 1. The van der Waals surface area contributed by atoms with E-state index in [0.717, 1.165) is 31.5 Å². The Balaban J connectivity index is 1.58. The van der Waals surface area contributed by atoms with E-state index in [0.29, 0.717) is 24.7 Å². The summed E-state index contributed by atoms with van der Waals surface area (Å²) in [5, 5.41) is 3.99. The largest absolute Gasteiger partial charge is 0.459 e. The molecule has 112 valence electrons. The van der Waals surface area contributed by atoms with Crippen LogP contribution >= 0.6 is 0 Å². The van der Waals surface area contributed by atoms with E-state index in [4.69, 9.17) is 8.94 Å². The molecule has 0 bridgehead atoms. The van der Waals surface area contributed by atoms with Crippen molar-refractivity contribution in [3.63, 3.8) is 0 Å². The number of aryl methyl sites for hydroxylation is 1. The molecule has 2 aromatic heterocycles. The maximum Gasteiger partial charge on any atom is 0.289 e. The Morgan fingerprint density at radius 1 is 1.43 bits per heavy atom. The number of aromatic nitrogens is 2. The lowest BCUT2D eigenvalue weighted by Gasteiger charge is -2.29. The first-order chi connectivity index (χ1) is 10.3. The number of carbonyl (C=O) groups excluding carboxylic acids is 1. The smallest absolute Gasteiger partial charge is 0.289 e. The second-order valence-corrected chi connectivity index (χ2v) is 5.34. The molecule has 0 unspecified atom stereocenters. The van der Waals surface area contributed by atoms with Gasteiger partial charge in [0.05, 0.1) is 6.26 Å². The van der Waals surface area contributed by atoms with Crippen molar-refractivity contribution in [2.45, 2.75) is 38.5 Å². The maximum atomic E-state index is 12.2. The third-order valence-electron chi connectivity index (χ3n) is 3.82. The van der Waals surface area contributed by atoms with Gasteiger partial charge in [0.15, 0.2) is 11.6 Å². The third-order valence-corrected chi connectivity index (χ3v) is 3.82. The second-order valence-electron chi connectivity index (χ2n) is 5.34. The van der Waals surface area contributed by atoms with Gasteiger partial charge in [-0.2, -0.15) is 4.98 Å². The van der Waals surface area contributed by atoms with Crippen molar-refractivity contribution >= 4 is 5.91 Å². The Hall–Kier alpha value is -2.11. The number of carbonyl (C=O) groups is 1. The van der Waals surface area contributed by atoms with Crippen LogP contribution < -0.4 is 0 Å². The van der Waals surface area contributed by atoms with Gasteiger partial charge in [0.25, 0.3) is 5.91 Å². The zero-order valence-electron chi connectivity index (χ0n) is 12.1. The Kier molecular flexibility index (Phi) is 4.03. The van der Waals surface area contributed by atoms with Crippen LogP contribution in [0.4, 0.5) is 0 Å². The van der Waals surface area contributed by atoms with Crippen molar-refractivity contribution in [1.82, 2.24) is 15.0 Å². The molecule has 1 amide bonds. The van der Waals surface area contributed by atoms with E-state index >= 15 is 0 Å². The lowest BCUT2D eigenvalue weighted by molar-refractivity contribution is 0.0672. The quantitative estimate of drug-likeness (QED) is 0.865. The molecule has 2 aromatic rings. The molecule has 0 aromatic carbocycles. The first kappa shape index (κ1) is 13.9. The Bertz CT molecular complexity index is 583. The van der Waals surface area contributed by atoms with Crippen LogP contribution in [-0.4, -0.2) is 34.0 Å². The molecule has 1 aliphatic rings. The molecule has 6 heteroatoms. The molecule has 1 aliphatic heterocycles. The van der Waals surface area contributed by atoms with Gasteiger partial charge in [-0.15, -0.1) is 0 Å².